The zero-order chi connectivity index (χ0) is 18.3. The van der Waals surface area contributed by atoms with E-state index < -0.39 is 16.1 Å². The summed E-state index contributed by atoms with van der Waals surface area (Å²) in [6, 6.07) is 11.9. The molecule has 2 atom stereocenters. The lowest BCUT2D eigenvalue weighted by atomic mass is 10.1. The van der Waals surface area contributed by atoms with Crippen LogP contribution in [0.3, 0.4) is 0 Å². The Morgan fingerprint density at radius 3 is 2.54 bits per heavy atom. The van der Waals surface area contributed by atoms with Crippen molar-refractivity contribution in [3.05, 3.63) is 53.1 Å². The molecule has 0 spiro atoms. The van der Waals surface area contributed by atoms with Crippen molar-refractivity contribution in [3.63, 3.8) is 0 Å². The van der Waals surface area contributed by atoms with Crippen molar-refractivity contribution >= 4 is 27.1 Å². The molecule has 0 amide bonds. The molecule has 0 radical (unpaired) electrons. The summed E-state index contributed by atoms with van der Waals surface area (Å²) in [6.07, 6.45) is -0.549. The number of hydrogen-bond donors (Lipinski definition) is 1. The average Bonchev–Trinajstić information content (AvgIpc) is 3.21. The van der Waals surface area contributed by atoms with Crippen LogP contribution in [-0.4, -0.2) is 37.9 Å². The van der Waals surface area contributed by atoms with Crippen molar-refractivity contribution in [2.75, 3.05) is 23.2 Å². The maximum Gasteiger partial charge on any atom is 0.231 e. The molecule has 4 rings (SSSR count). The lowest BCUT2D eigenvalue weighted by Crippen LogP contribution is -2.39. The van der Waals surface area contributed by atoms with E-state index in [4.69, 9.17) is 21.1 Å². The summed E-state index contributed by atoms with van der Waals surface area (Å²) in [5, 5.41) is 11.6. The fourth-order valence-corrected chi connectivity index (χ4v) is 5.23. The Bertz CT molecular complexity index is 916. The number of aliphatic hydroxyl groups is 1. The Kier molecular flexibility index (Phi) is 4.46. The van der Waals surface area contributed by atoms with Gasteiger partial charge in [0.15, 0.2) is 27.6 Å². The SMILES string of the molecule is O=S1(=O)CCC(N(c2ccc3c(c2)OCO3)C(O)c2ccc(Cl)cc2)C1. The third kappa shape index (κ3) is 3.34. The van der Waals surface area contributed by atoms with Gasteiger partial charge >= 0.3 is 0 Å². The zero-order valence-electron chi connectivity index (χ0n) is 13.8. The fraction of sp³-hybridized carbons (Fsp3) is 0.333. The predicted octanol–water partition coefficient (Wildman–Crippen LogP) is 2.75. The van der Waals surface area contributed by atoms with Crippen LogP contribution < -0.4 is 14.4 Å². The fourth-order valence-electron chi connectivity index (χ4n) is 3.39. The van der Waals surface area contributed by atoms with E-state index in [0.717, 1.165) is 0 Å². The molecule has 1 N–H and O–H groups in total. The number of fused-ring (bicyclic) bond motifs is 1. The first kappa shape index (κ1) is 17.5. The number of rotatable bonds is 4. The van der Waals surface area contributed by atoms with E-state index in [1.54, 1.807) is 47.4 Å². The van der Waals surface area contributed by atoms with Gasteiger partial charge in [-0.05, 0) is 30.7 Å². The minimum atomic E-state index is -3.11. The van der Waals surface area contributed by atoms with Crippen LogP contribution in [0.4, 0.5) is 5.69 Å². The van der Waals surface area contributed by atoms with Crippen LogP contribution in [0.25, 0.3) is 0 Å². The average molecular weight is 396 g/mol. The van der Waals surface area contributed by atoms with Gasteiger partial charge in [0.05, 0.1) is 11.5 Å². The van der Waals surface area contributed by atoms with Crippen molar-refractivity contribution < 1.29 is 23.0 Å². The number of halogens is 1. The molecule has 26 heavy (non-hydrogen) atoms. The molecule has 8 heteroatoms. The molecule has 138 valence electrons. The number of ether oxygens (including phenoxy) is 2. The Labute approximate surface area is 156 Å². The van der Waals surface area contributed by atoms with E-state index in [1.165, 1.54) is 0 Å². The van der Waals surface area contributed by atoms with Gasteiger partial charge in [-0.25, -0.2) is 8.42 Å². The third-order valence-electron chi connectivity index (χ3n) is 4.69. The molecule has 2 aromatic carbocycles. The summed E-state index contributed by atoms with van der Waals surface area (Å²) in [5.74, 6) is 1.34. The summed E-state index contributed by atoms with van der Waals surface area (Å²) in [6.45, 7) is 0.149. The van der Waals surface area contributed by atoms with Crippen LogP contribution in [0, 0.1) is 0 Å². The lowest BCUT2D eigenvalue weighted by molar-refractivity contribution is 0.162. The molecule has 0 bridgehead atoms. The van der Waals surface area contributed by atoms with Crippen LogP contribution in [0.2, 0.25) is 5.02 Å². The highest BCUT2D eigenvalue weighted by molar-refractivity contribution is 7.91. The van der Waals surface area contributed by atoms with Gasteiger partial charge in [0.25, 0.3) is 0 Å². The second kappa shape index (κ2) is 6.64. The standard InChI is InChI=1S/C18H18ClNO5S/c19-13-3-1-12(2-4-13)18(21)20(15-7-8-26(22,23)10-15)14-5-6-16-17(9-14)25-11-24-16/h1-6,9,15,18,21H,7-8,10-11H2. The number of nitrogens with zero attached hydrogens (tertiary/aromatic N) is 1. The van der Waals surface area contributed by atoms with E-state index in [0.29, 0.717) is 34.2 Å². The maximum atomic E-state index is 12.0. The van der Waals surface area contributed by atoms with Gasteiger partial charge in [-0.15, -0.1) is 0 Å². The lowest BCUT2D eigenvalue weighted by Gasteiger charge is -2.35. The van der Waals surface area contributed by atoms with Gasteiger partial charge < -0.3 is 19.5 Å². The number of hydrogen-bond acceptors (Lipinski definition) is 6. The van der Waals surface area contributed by atoms with Crippen LogP contribution in [-0.2, 0) is 9.84 Å². The number of aliphatic hydroxyl groups excluding tert-OH is 1. The highest BCUT2D eigenvalue weighted by Crippen LogP contribution is 2.39. The highest BCUT2D eigenvalue weighted by atomic mass is 35.5. The predicted molar refractivity (Wildman–Crippen MR) is 98.5 cm³/mol. The van der Waals surface area contributed by atoms with Crippen molar-refractivity contribution in [2.24, 2.45) is 0 Å². The summed E-state index contributed by atoms with van der Waals surface area (Å²) >= 11 is 5.94. The van der Waals surface area contributed by atoms with Crippen molar-refractivity contribution in [1.29, 1.82) is 0 Å². The molecule has 1 saturated heterocycles. The third-order valence-corrected chi connectivity index (χ3v) is 6.69. The Balaban J connectivity index is 1.73. The summed E-state index contributed by atoms with van der Waals surface area (Å²) < 4.78 is 34.8. The van der Waals surface area contributed by atoms with Crippen LogP contribution in [0.5, 0.6) is 11.5 Å². The molecule has 6 nitrogen and oxygen atoms in total. The van der Waals surface area contributed by atoms with Crippen LogP contribution >= 0.6 is 11.6 Å². The largest absolute Gasteiger partial charge is 0.454 e. The second-order valence-electron chi connectivity index (χ2n) is 6.43. The molecule has 2 aliphatic heterocycles. The Morgan fingerprint density at radius 1 is 1.12 bits per heavy atom. The van der Waals surface area contributed by atoms with Gasteiger partial charge in [-0.2, -0.15) is 0 Å². The number of anilines is 1. The van der Waals surface area contributed by atoms with E-state index in [9.17, 15) is 13.5 Å². The molecular weight excluding hydrogens is 378 g/mol. The maximum absolute atomic E-state index is 12.0. The molecule has 2 aliphatic rings. The Hall–Kier alpha value is -1.96. The molecule has 1 fully saturated rings. The number of benzene rings is 2. The highest BCUT2D eigenvalue weighted by Gasteiger charge is 2.36. The molecule has 2 unspecified atom stereocenters. The van der Waals surface area contributed by atoms with Crippen molar-refractivity contribution in [1.82, 2.24) is 0 Å². The zero-order valence-corrected chi connectivity index (χ0v) is 15.4. The minimum Gasteiger partial charge on any atom is -0.454 e. The molecule has 2 heterocycles. The molecule has 2 aromatic rings. The molecule has 0 aliphatic carbocycles. The summed E-state index contributed by atoms with van der Waals surface area (Å²) in [7, 11) is -3.11. The van der Waals surface area contributed by atoms with E-state index in [2.05, 4.69) is 0 Å². The van der Waals surface area contributed by atoms with E-state index in [1.807, 2.05) is 0 Å². The quantitative estimate of drug-likeness (QED) is 0.802. The first-order valence-electron chi connectivity index (χ1n) is 8.25. The molecule has 0 saturated carbocycles. The first-order valence-corrected chi connectivity index (χ1v) is 10.4. The smallest absolute Gasteiger partial charge is 0.231 e. The van der Waals surface area contributed by atoms with Crippen molar-refractivity contribution in [2.45, 2.75) is 18.7 Å². The van der Waals surface area contributed by atoms with Crippen LogP contribution in [0.1, 0.15) is 18.2 Å². The van der Waals surface area contributed by atoms with Crippen molar-refractivity contribution in [3.8, 4) is 11.5 Å². The van der Waals surface area contributed by atoms with Gasteiger partial charge in [-0.3, -0.25) is 0 Å². The van der Waals surface area contributed by atoms with E-state index in [-0.39, 0.29) is 24.3 Å². The van der Waals surface area contributed by atoms with E-state index >= 15 is 0 Å². The molecule has 0 aromatic heterocycles. The van der Waals surface area contributed by atoms with Gasteiger partial charge in [-0.1, -0.05) is 23.7 Å². The first-order chi connectivity index (χ1) is 12.4. The topological polar surface area (TPSA) is 76.1 Å². The minimum absolute atomic E-state index is 0.00604. The second-order valence-corrected chi connectivity index (χ2v) is 9.09. The molecular formula is C18H18ClNO5S. The normalized spacial score (nSPS) is 21.5. The number of sulfone groups is 1. The Morgan fingerprint density at radius 2 is 1.85 bits per heavy atom. The van der Waals surface area contributed by atoms with Gasteiger partial charge in [0.1, 0.15) is 0 Å². The summed E-state index contributed by atoms with van der Waals surface area (Å²) in [5.41, 5.74) is 1.31. The van der Waals surface area contributed by atoms with Gasteiger partial charge in [0.2, 0.25) is 6.79 Å². The monoisotopic (exact) mass is 395 g/mol. The van der Waals surface area contributed by atoms with Crippen LogP contribution in [0.15, 0.2) is 42.5 Å². The van der Waals surface area contributed by atoms with Gasteiger partial charge in [0, 0.05) is 28.4 Å². The summed E-state index contributed by atoms with van der Waals surface area (Å²) in [4.78, 5) is 1.73.